The number of rotatable bonds is 7. The van der Waals surface area contributed by atoms with Gasteiger partial charge in [0.15, 0.2) is 0 Å². The summed E-state index contributed by atoms with van der Waals surface area (Å²) in [4.78, 5) is 20.7. The predicted octanol–water partition coefficient (Wildman–Crippen LogP) is 2.90. The van der Waals surface area contributed by atoms with E-state index in [4.69, 9.17) is 4.74 Å². The van der Waals surface area contributed by atoms with Crippen LogP contribution in [0.1, 0.15) is 37.7 Å². The fourth-order valence-electron chi connectivity index (χ4n) is 2.69. The first-order chi connectivity index (χ1) is 10.6. The quantitative estimate of drug-likeness (QED) is 0.359. The van der Waals surface area contributed by atoms with Crippen LogP contribution in [-0.4, -0.2) is 22.6 Å². The van der Waals surface area contributed by atoms with Gasteiger partial charge in [-0.1, -0.05) is 19.3 Å². The van der Waals surface area contributed by atoms with Gasteiger partial charge < -0.3 is 4.74 Å². The Balaban J connectivity index is 1.95. The van der Waals surface area contributed by atoms with Crippen LogP contribution >= 0.6 is 0 Å². The summed E-state index contributed by atoms with van der Waals surface area (Å²) in [6, 6.07) is 4.20. The highest BCUT2D eigenvalue weighted by Crippen LogP contribution is 2.28. The van der Waals surface area contributed by atoms with Crippen molar-refractivity contribution in [1.82, 2.24) is 5.32 Å². The molecule has 0 unspecified atom stereocenters. The molecule has 2 rings (SSSR count). The molecule has 8 heteroatoms. The molecule has 22 heavy (non-hydrogen) atoms. The monoisotopic (exact) mass is 309 g/mol. The van der Waals surface area contributed by atoms with Gasteiger partial charge in [-0.15, -0.1) is 0 Å². The Kier molecular flexibility index (Phi) is 5.79. The van der Waals surface area contributed by atoms with E-state index in [0.29, 0.717) is 6.04 Å². The van der Waals surface area contributed by atoms with Crippen LogP contribution in [-0.2, 0) is 11.3 Å². The van der Waals surface area contributed by atoms with Gasteiger partial charge in [-0.25, -0.2) is 0 Å². The van der Waals surface area contributed by atoms with Crippen molar-refractivity contribution in [3.63, 3.8) is 0 Å². The van der Waals surface area contributed by atoms with Crippen molar-refractivity contribution in [3.8, 4) is 0 Å². The lowest BCUT2D eigenvalue weighted by atomic mass is 9.96. The lowest BCUT2D eigenvalue weighted by Gasteiger charge is -2.22. The fraction of sp³-hybridized carbons (Fsp3) is 0.571. The molecule has 0 atom stereocenters. The van der Waals surface area contributed by atoms with E-state index in [1.165, 1.54) is 37.5 Å². The van der Waals surface area contributed by atoms with Gasteiger partial charge >= 0.3 is 0 Å². The smallest absolute Gasteiger partial charge is 0.281 e. The Morgan fingerprint density at radius 1 is 1.09 bits per heavy atom. The summed E-state index contributed by atoms with van der Waals surface area (Å²) < 4.78 is 5.38. The minimum Gasteiger partial charge on any atom is -0.361 e. The number of nitrogens with one attached hydrogen (secondary N) is 1. The second-order valence-electron chi connectivity index (χ2n) is 5.32. The van der Waals surface area contributed by atoms with E-state index in [1.807, 2.05) is 0 Å². The topological polar surface area (TPSA) is 108 Å². The Morgan fingerprint density at radius 2 is 1.68 bits per heavy atom. The summed E-state index contributed by atoms with van der Waals surface area (Å²) in [6.07, 6.45) is 5.81. The molecule has 1 N–H and O–H groups in total. The van der Waals surface area contributed by atoms with E-state index >= 15 is 0 Å². The molecule has 120 valence electrons. The molecule has 1 aliphatic rings. The summed E-state index contributed by atoms with van der Waals surface area (Å²) in [5.41, 5.74) is -0.568. The van der Waals surface area contributed by atoms with Crippen molar-refractivity contribution in [2.75, 3.05) is 6.73 Å². The van der Waals surface area contributed by atoms with E-state index in [9.17, 15) is 20.2 Å². The highest BCUT2D eigenvalue weighted by Gasteiger charge is 2.24. The first-order valence-electron chi connectivity index (χ1n) is 7.31. The molecule has 1 fully saturated rings. The van der Waals surface area contributed by atoms with Gasteiger partial charge in [-0.3, -0.25) is 25.5 Å². The van der Waals surface area contributed by atoms with Crippen molar-refractivity contribution in [2.24, 2.45) is 0 Å². The summed E-state index contributed by atoms with van der Waals surface area (Å²) >= 11 is 0. The highest BCUT2D eigenvalue weighted by atomic mass is 16.6. The minimum absolute atomic E-state index is 0.00273. The summed E-state index contributed by atoms with van der Waals surface area (Å²) in [7, 11) is 0. The normalized spacial score (nSPS) is 15.6. The summed E-state index contributed by atoms with van der Waals surface area (Å²) in [5.74, 6) is 0. The van der Waals surface area contributed by atoms with Crippen LogP contribution in [0.25, 0.3) is 0 Å². The molecule has 1 aromatic rings. The maximum absolute atomic E-state index is 11.0. The molecule has 1 aliphatic carbocycles. The fourth-order valence-corrected chi connectivity index (χ4v) is 2.69. The zero-order chi connectivity index (χ0) is 15.9. The maximum Gasteiger partial charge on any atom is 0.281 e. The number of benzene rings is 1. The van der Waals surface area contributed by atoms with Crippen molar-refractivity contribution >= 4 is 11.4 Å². The highest BCUT2D eigenvalue weighted by molar-refractivity contribution is 5.53. The molecule has 0 amide bonds. The summed E-state index contributed by atoms with van der Waals surface area (Å²) in [6.45, 7) is 0.0705. The Labute approximate surface area is 127 Å². The first kappa shape index (κ1) is 16.3. The lowest BCUT2D eigenvalue weighted by molar-refractivity contribution is -0.396. The number of hydrogen-bond acceptors (Lipinski definition) is 6. The van der Waals surface area contributed by atoms with Crippen LogP contribution in [0.15, 0.2) is 18.2 Å². The molecule has 0 spiro atoms. The van der Waals surface area contributed by atoms with Crippen molar-refractivity contribution in [1.29, 1.82) is 0 Å². The molecular formula is C14H19N3O5. The molecule has 0 bridgehead atoms. The van der Waals surface area contributed by atoms with Crippen molar-refractivity contribution in [3.05, 3.63) is 44.0 Å². The van der Waals surface area contributed by atoms with E-state index in [-0.39, 0.29) is 30.3 Å². The number of nitro groups is 2. The standard InChI is InChI=1S/C14H19N3O5/c18-16(19)13-7-4-8-14(17(20)21)12(13)9-22-10-15-11-5-2-1-3-6-11/h4,7-8,11,15H,1-3,5-6,9-10H2. The van der Waals surface area contributed by atoms with Gasteiger partial charge in [0.05, 0.1) is 23.2 Å². The average molecular weight is 309 g/mol. The number of nitrogens with zero attached hydrogens (tertiary/aromatic N) is 2. The zero-order valence-corrected chi connectivity index (χ0v) is 12.2. The second-order valence-corrected chi connectivity index (χ2v) is 5.32. The molecule has 0 saturated heterocycles. The average Bonchev–Trinajstić information content (AvgIpc) is 2.52. The molecule has 0 aliphatic heterocycles. The van der Waals surface area contributed by atoms with Gasteiger partial charge in [0.25, 0.3) is 11.4 Å². The lowest BCUT2D eigenvalue weighted by Crippen LogP contribution is -2.32. The molecule has 0 heterocycles. The largest absolute Gasteiger partial charge is 0.361 e. The molecule has 1 saturated carbocycles. The Bertz CT molecular complexity index is 511. The van der Waals surface area contributed by atoms with Gasteiger partial charge in [0.1, 0.15) is 5.56 Å². The van der Waals surface area contributed by atoms with Crippen LogP contribution < -0.4 is 5.32 Å². The molecule has 8 nitrogen and oxygen atoms in total. The SMILES string of the molecule is O=[N+]([O-])c1cccc([N+](=O)[O-])c1COCNC1CCCCC1. The third kappa shape index (κ3) is 4.22. The van der Waals surface area contributed by atoms with Gasteiger partial charge in [-0.2, -0.15) is 0 Å². The molecule has 0 radical (unpaired) electrons. The van der Waals surface area contributed by atoms with Crippen LogP contribution in [0.5, 0.6) is 0 Å². The Morgan fingerprint density at radius 3 is 2.23 bits per heavy atom. The van der Waals surface area contributed by atoms with E-state index in [2.05, 4.69) is 5.32 Å². The van der Waals surface area contributed by atoms with Crippen LogP contribution in [0, 0.1) is 20.2 Å². The van der Waals surface area contributed by atoms with Gasteiger partial charge in [0, 0.05) is 18.2 Å². The molecule has 0 aromatic heterocycles. The van der Waals surface area contributed by atoms with Crippen molar-refractivity contribution < 1.29 is 14.6 Å². The maximum atomic E-state index is 11.0. The van der Waals surface area contributed by atoms with Crippen LogP contribution in [0.2, 0.25) is 0 Å². The third-order valence-corrected chi connectivity index (χ3v) is 3.85. The van der Waals surface area contributed by atoms with Gasteiger partial charge in [0.2, 0.25) is 0 Å². The minimum atomic E-state index is -0.625. The van der Waals surface area contributed by atoms with Crippen LogP contribution in [0.4, 0.5) is 11.4 Å². The number of nitro benzene ring substituents is 2. The second kappa shape index (κ2) is 7.81. The van der Waals surface area contributed by atoms with Gasteiger partial charge in [-0.05, 0) is 18.9 Å². The zero-order valence-electron chi connectivity index (χ0n) is 12.2. The number of hydrogen-bond donors (Lipinski definition) is 1. The third-order valence-electron chi connectivity index (χ3n) is 3.85. The van der Waals surface area contributed by atoms with Crippen molar-refractivity contribution in [2.45, 2.75) is 44.8 Å². The molecule has 1 aromatic carbocycles. The van der Waals surface area contributed by atoms with E-state index < -0.39 is 9.85 Å². The number of ether oxygens (including phenoxy) is 1. The predicted molar refractivity (Wildman–Crippen MR) is 79.4 cm³/mol. The van der Waals surface area contributed by atoms with E-state index in [0.717, 1.165) is 12.8 Å². The first-order valence-corrected chi connectivity index (χ1v) is 7.31. The van der Waals surface area contributed by atoms with Crippen LogP contribution in [0.3, 0.4) is 0 Å². The Hall–Kier alpha value is -2.06. The van der Waals surface area contributed by atoms with E-state index in [1.54, 1.807) is 0 Å². The molecular weight excluding hydrogens is 290 g/mol. The summed E-state index contributed by atoms with van der Waals surface area (Å²) in [5, 5.41) is 25.2.